The second-order valence-electron chi connectivity index (χ2n) is 10.3. The molecule has 2 aromatic carbocycles. The van der Waals surface area contributed by atoms with Gasteiger partial charge in [0.25, 0.3) is 0 Å². The van der Waals surface area contributed by atoms with E-state index in [1.807, 2.05) is 19.1 Å². The molecule has 194 valence electrons. The van der Waals surface area contributed by atoms with Crippen LogP contribution < -0.4 is 14.8 Å². The average Bonchev–Trinajstić information content (AvgIpc) is 3.56. The molecular formula is C28H28F2N2O5. The summed E-state index contributed by atoms with van der Waals surface area (Å²) in [5, 5.41) is 2.87. The lowest BCUT2D eigenvalue weighted by Crippen LogP contribution is -2.28. The van der Waals surface area contributed by atoms with Gasteiger partial charge in [-0.15, -0.1) is 8.78 Å². The number of aromatic nitrogens is 1. The van der Waals surface area contributed by atoms with Crippen LogP contribution in [-0.2, 0) is 14.9 Å². The number of rotatable bonds is 5. The lowest BCUT2D eigenvalue weighted by atomic mass is 9.94. The summed E-state index contributed by atoms with van der Waals surface area (Å²) in [7, 11) is 0. The lowest BCUT2D eigenvalue weighted by Gasteiger charge is -2.19. The fourth-order valence-electron chi connectivity index (χ4n) is 4.28. The number of aryl methyl sites for hydroxylation is 1. The third-order valence-electron chi connectivity index (χ3n) is 6.25. The Morgan fingerprint density at radius 3 is 2.46 bits per heavy atom. The largest absolute Gasteiger partial charge is 0.586 e. The van der Waals surface area contributed by atoms with Crippen LogP contribution in [0.4, 0.5) is 14.6 Å². The van der Waals surface area contributed by atoms with Crippen molar-refractivity contribution >= 4 is 17.7 Å². The number of fused-ring (bicyclic) bond motifs is 1. The van der Waals surface area contributed by atoms with Gasteiger partial charge in [0.1, 0.15) is 11.4 Å². The molecule has 9 heteroatoms. The molecule has 0 spiro atoms. The standard InChI is InChI=1S/C28H26F2N2O5.H2/c1-16-8-11-22(31-23(16)17-6-5-7-18(14-17)24(33)37-26(2,3)4)32-25(34)27(12-13-27)19-9-10-20-21(15-19)36-28(29,30)35-20;/h5-11,14-15H,12-13H2,1-4H3,(H,31,32,34);1H. The first-order valence-corrected chi connectivity index (χ1v) is 11.9. The van der Waals surface area contributed by atoms with Crippen molar-refractivity contribution in [1.82, 2.24) is 4.98 Å². The summed E-state index contributed by atoms with van der Waals surface area (Å²) in [6, 6.07) is 14.9. The molecule has 7 nitrogen and oxygen atoms in total. The quantitative estimate of drug-likeness (QED) is 0.408. The van der Waals surface area contributed by atoms with Crippen molar-refractivity contribution in [2.75, 3.05) is 5.32 Å². The number of benzene rings is 2. The summed E-state index contributed by atoms with van der Waals surface area (Å²) in [6.07, 6.45) is -2.60. The van der Waals surface area contributed by atoms with Crippen LogP contribution in [0.2, 0.25) is 0 Å². The minimum atomic E-state index is -3.72. The highest BCUT2D eigenvalue weighted by atomic mass is 19.3. The Kier molecular flexibility index (Phi) is 5.69. The fourth-order valence-corrected chi connectivity index (χ4v) is 4.28. The van der Waals surface area contributed by atoms with Crippen LogP contribution in [0, 0.1) is 6.92 Å². The fraction of sp³-hybridized carbons (Fsp3) is 0.321. The van der Waals surface area contributed by atoms with Crippen LogP contribution >= 0.6 is 0 Å². The highest BCUT2D eigenvalue weighted by molar-refractivity contribution is 6.01. The Morgan fingerprint density at radius 1 is 1.03 bits per heavy atom. The van der Waals surface area contributed by atoms with E-state index in [1.54, 1.807) is 51.1 Å². The third-order valence-corrected chi connectivity index (χ3v) is 6.25. The van der Waals surface area contributed by atoms with Gasteiger partial charge in [-0.1, -0.05) is 24.3 Å². The Labute approximate surface area is 214 Å². The molecule has 0 radical (unpaired) electrons. The van der Waals surface area contributed by atoms with Gasteiger partial charge < -0.3 is 19.5 Å². The van der Waals surface area contributed by atoms with Crippen LogP contribution in [0.3, 0.4) is 0 Å². The molecular weight excluding hydrogens is 482 g/mol. The van der Waals surface area contributed by atoms with Crippen LogP contribution in [-0.4, -0.2) is 28.8 Å². The topological polar surface area (TPSA) is 86.8 Å². The van der Waals surface area contributed by atoms with Gasteiger partial charge in [0.05, 0.1) is 16.7 Å². The number of hydrogen-bond acceptors (Lipinski definition) is 6. The maximum atomic E-state index is 13.4. The van der Waals surface area contributed by atoms with Crippen molar-refractivity contribution in [3.63, 3.8) is 0 Å². The highest BCUT2D eigenvalue weighted by Crippen LogP contribution is 2.52. The van der Waals surface area contributed by atoms with Gasteiger partial charge in [-0.2, -0.15) is 0 Å². The normalized spacial score (nSPS) is 16.7. The first-order chi connectivity index (χ1) is 17.4. The number of carbonyl (C=O) groups excluding carboxylic acids is 2. The number of ether oxygens (including phenoxy) is 3. The molecule has 1 saturated carbocycles. The van der Waals surface area contributed by atoms with E-state index in [4.69, 9.17) is 4.74 Å². The number of halogens is 2. The summed E-state index contributed by atoms with van der Waals surface area (Å²) in [6.45, 7) is 7.30. The third kappa shape index (κ3) is 4.98. The molecule has 0 unspecified atom stereocenters. The maximum absolute atomic E-state index is 13.4. The number of esters is 1. The van der Waals surface area contributed by atoms with Crippen molar-refractivity contribution in [3.8, 4) is 22.8 Å². The van der Waals surface area contributed by atoms with Crippen molar-refractivity contribution in [1.29, 1.82) is 0 Å². The van der Waals surface area contributed by atoms with Crippen LogP contribution in [0.5, 0.6) is 11.5 Å². The van der Waals surface area contributed by atoms with Gasteiger partial charge in [0.15, 0.2) is 11.5 Å². The lowest BCUT2D eigenvalue weighted by molar-refractivity contribution is -0.286. The Bertz CT molecular complexity index is 1420. The number of carbonyl (C=O) groups is 2. The Hall–Kier alpha value is -4.01. The highest BCUT2D eigenvalue weighted by Gasteiger charge is 2.53. The van der Waals surface area contributed by atoms with Crippen molar-refractivity contribution in [2.24, 2.45) is 0 Å². The maximum Gasteiger partial charge on any atom is 0.586 e. The molecule has 1 aromatic heterocycles. The summed E-state index contributed by atoms with van der Waals surface area (Å²) in [5.74, 6) is -0.547. The van der Waals surface area contributed by atoms with Crippen molar-refractivity contribution < 1.29 is 34.0 Å². The van der Waals surface area contributed by atoms with E-state index in [1.165, 1.54) is 12.1 Å². The molecule has 2 heterocycles. The van der Waals surface area contributed by atoms with Gasteiger partial charge in [-0.3, -0.25) is 4.79 Å². The minimum absolute atomic E-state index is 0. The molecule has 37 heavy (non-hydrogen) atoms. The van der Waals surface area contributed by atoms with E-state index in [0.717, 1.165) is 5.56 Å². The summed E-state index contributed by atoms with van der Waals surface area (Å²) in [4.78, 5) is 30.5. The van der Waals surface area contributed by atoms with E-state index in [0.29, 0.717) is 41.0 Å². The monoisotopic (exact) mass is 510 g/mol. The van der Waals surface area contributed by atoms with E-state index in [-0.39, 0.29) is 18.8 Å². The number of amides is 1. The minimum Gasteiger partial charge on any atom is -0.456 e. The molecule has 1 aliphatic heterocycles. The zero-order valence-electron chi connectivity index (χ0n) is 20.9. The molecule has 0 bridgehead atoms. The molecule has 1 amide bonds. The van der Waals surface area contributed by atoms with Crippen LogP contribution in [0.1, 0.15) is 56.5 Å². The smallest absolute Gasteiger partial charge is 0.456 e. The first kappa shape index (κ1) is 24.7. The van der Waals surface area contributed by atoms with Crippen LogP contribution in [0.15, 0.2) is 54.6 Å². The number of pyridine rings is 1. The van der Waals surface area contributed by atoms with Gasteiger partial charge in [-0.25, -0.2) is 9.78 Å². The summed E-state index contributed by atoms with van der Waals surface area (Å²) in [5.41, 5.74) is 1.66. The van der Waals surface area contributed by atoms with Crippen molar-refractivity contribution in [3.05, 3.63) is 71.3 Å². The second kappa shape index (κ2) is 8.54. The van der Waals surface area contributed by atoms with E-state index in [2.05, 4.69) is 19.8 Å². The molecule has 0 atom stereocenters. The first-order valence-electron chi connectivity index (χ1n) is 11.9. The number of hydrogen-bond donors (Lipinski definition) is 1. The number of nitrogens with one attached hydrogen (secondary N) is 1. The number of alkyl halides is 2. The predicted octanol–water partition coefficient (Wildman–Crippen LogP) is 6.25. The molecule has 0 saturated heterocycles. The molecule has 3 aromatic rings. The molecule has 5 rings (SSSR count). The van der Waals surface area contributed by atoms with E-state index >= 15 is 0 Å². The number of nitrogens with zero attached hydrogens (tertiary/aromatic N) is 1. The van der Waals surface area contributed by atoms with Gasteiger partial charge in [0.2, 0.25) is 5.91 Å². The van der Waals surface area contributed by atoms with Crippen molar-refractivity contribution in [2.45, 2.75) is 57.8 Å². The van der Waals surface area contributed by atoms with Crippen LogP contribution in [0.25, 0.3) is 11.3 Å². The van der Waals surface area contributed by atoms with Gasteiger partial charge in [0, 0.05) is 6.99 Å². The average molecular weight is 511 g/mol. The number of anilines is 1. The van der Waals surface area contributed by atoms with Gasteiger partial charge in [-0.05, 0) is 82.0 Å². The summed E-state index contributed by atoms with van der Waals surface area (Å²) < 4.78 is 41.3. The predicted molar refractivity (Wildman–Crippen MR) is 134 cm³/mol. The molecule has 1 fully saturated rings. The summed E-state index contributed by atoms with van der Waals surface area (Å²) >= 11 is 0. The molecule has 1 aliphatic carbocycles. The zero-order valence-corrected chi connectivity index (χ0v) is 20.9. The SMILES string of the molecule is Cc1ccc(NC(=O)C2(c3ccc4c(c3)OC(F)(F)O4)CC2)nc1-c1cccc(C(=O)OC(C)(C)C)c1.[HH]. The molecule has 2 aliphatic rings. The van der Waals surface area contributed by atoms with E-state index < -0.39 is 23.3 Å². The Balaban J connectivity index is 0.00000336. The molecule has 1 N–H and O–H groups in total. The second-order valence-corrected chi connectivity index (χ2v) is 10.3. The van der Waals surface area contributed by atoms with E-state index in [9.17, 15) is 18.4 Å². The zero-order chi connectivity index (χ0) is 26.6. The van der Waals surface area contributed by atoms with Gasteiger partial charge >= 0.3 is 12.3 Å². The Morgan fingerprint density at radius 2 is 1.76 bits per heavy atom.